The van der Waals surface area contributed by atoms with Crippen molar-refractivity contribution >= 4 is 35.6 Å². The minimum Gasteiger partial charge on any atom is -0.327 e. The molecule has 0 unspecified atom stereocenters. The van der Waals surface area contributed by atoms with E-state index < -0.39 is 0 Å². The van der Waals surface area contributed by atoms with E-state index in [9.17, 15) is 0 Å². The summed E-state index contributed by atoms with van der Waals surface area (Å²) < 4.78 is 0. The fraction of sp³-hybridized carbons (Fsp3) is 1.00. The van der Waals surface area contributed by atoms with Crippen LogP contribution in [0, 0.1) is 11.8 Å². The molecule has 4 fully saturated rings. The molecule has 2 N–H and O–H groups in total. The second-order valence-corrected chi connectivity index (χ2v) is 7.00. The lowest BCUT2D eigenvalue weighted by molar-refractivity contribution is 0.0287. The van der Waals surface area contributed by atoms with Gasteiger partial charge in [0, 0.05) is 15.8 Å². The van der Waals surface area contributed by atoms with E-state index in [-0.39, 0.29) is 22.2 Å². The molecule has 0 radical (unpaired) electrons. The number of halogens is 3. The van der Waals surface area contributed by atoms with Gasteiger partial charge in [-0.1, -0.05) is 0 Å². The highest BCUT2D eigenvalue weighted by molar-refractivity contribution is 6.28. The van der Waals surface area contributed by atoms with Crippen molar-refractivity contribution in [2.24, 2.45) is 17.6 Å². The fourth-order valence-corrected chi connectivity index (χ4v) is 5.35. The summed E-state index contributed by atoms with van der Waals surface area (Å²) in [6.45, 7) is 0. The first-order valence-electron chi connectivity index (χ1n) is 5.13. The molecule has 0 aromatic heterocycles. The van der Waals surface area contributed by atoms with E-state index in [2.05, 4.69) is 0 Å². The molecule has 0 spiro atoms. The van der Waals surface area contributed by atoms with Crippen LogP contribution in [-0.2, 0) is 0 Å². The normalized spacial score (nSPS) is 59.8. The average Bonchev–Trinajstić information content (AvgIpc) is 1.94. The van der Waals surface area contributed by atoms with E-state index >= 15 is 0 Å². The summed E-state index contributed by atoms with van der Waals surface area (Å²) in [5.74, 6) is 1.19. The van der Waals surface area contributed by atoms with Crippen LogP contribution in [0.3, 0.4) is 0 Å². The van der Waals surface area contributed by atoms with Gasteiger partial charge in [0.05, 0.1) is 0 Å². The van der Waals surface area contributed by atoms with E-state index in [1.165, 1.54) is 0 Å². The Morgan fingerprint density at radius 1 is 0.929 bits per heavy atom. The number of rotatable bonds is 0. The largest absolute Gasteiger partial charge is 0.327 e. The van der Waals surface area contributed by atoms with Crippen molar-refractivity contribution in [2.45, 2.75) is 47.9 Å². The van der Waals surface area contributed by atoms with E-state index in [0.29, 0.717) is 17.9 Å². The Labute approximate surface area is 101 Å². The van der Waals surface area contributed by atoms with Crippen LogP contribution in [0.1, 0.15) is 32.1 Å². The Hall–Kier alpha value is 0.830. The van der Waals surface area contributed by atoms with Gasteiger partial charge in [-0.3, -0.25) is 0 Å². The molecule has 14 heavy (non-hydrogen) atoms. The van der Waals surface area contributed by atoms with Gasteiger partial charge in [0.15, 0.2) is 0 Å². The van der Waals surface area contributed by atoms with Crippen molar-refractivity contribution in [3.63, 3.8) is 0 Å². The molecule has 0 aromatic rings. The van der Waals surface area contributed by atoms with E-state index in [1.807, 2.05) is 0 Å². The van der Waals surface area contributed by atoms with E-state index in [1.54, 1.807) is 0 Å². The zero-order valence-corrected chi connectivity index (χ0v) is 10.3. The lowest BCUT2D eigenvalue weighted by Crippen LogP contribution is -2.62. The highest BCUT2D eigenvalue weighted by atomic mass is 35.5. The predicted molar refractivity (Wildman–Crippen MR) is 62.5 cm³/mol. The maximum absolute atomic E-state index is 6.55. The van der Waals surface area contributed by atoms with Crippen LogP contribution < -0.4 is 5.73 Å². The van der Waals surface area contributed by atoms with Gasteiger partial charge in [0.25, 0.3) is 0 Å². The topological polar surface area (TPSA) is 26.0 Å². The zero-order chi connectivity index (χ0) is 9.27. The summed E-state index contributed by atoms with van der Waals surface area (Å²) in [5.41, 5.74) is 6.17. The molecule has 0 heterocycles. The summed E-state index contributed by atoms with van der Waals surface area (Å²) in [7, 11) is 0. The minimum atomic E-state index is 0. The molecule has 0 aromatic carbocycles. The van der Waals surface area contributed by atoms with Crippen LogP contribution in [0.15, 0.2) is 0 Å². The summed E-state index contributed by atoms with van der Waals surface area (Å²) in [4.78, 5) is 0.00685. The Bertz CT molecular complexity index is 220. The van der Waals surface area contributed by atoms with Crippen LogP contribution in [0.25, 0.3) is 0 Å². The van der Waals surface area contributed by atoms with Gasteiger partial charge in [-0.05, 0) is 43.9 Å². The average molecular weight is 257 g/mol. The zero-order valence-electron chi connectivity index (χ0n) is 8.01. The van der Waals surface area contributed by atoms with Crippen LogP contribution >= 0.6 is 35.6 Å². The summed E-state index contributed by atoms with van der Waals surface area (Å²) in [5, 5.41) is 0. The van der Waals surface area contributed by atoms with Crippen molar-refractivity contribution in [1.29, 1.82) is 0 Å². The van der Waals surface area contributed by atoms with Crippen molar-refractivity contribution in [3.8, 4) is 0 Å². The van der Waals surface area contributed by atoms with Crippen LogP contribution in [0.2, 0.25) is 0 Å². The Morgan fingerprint density at radius 3 is 1.64 bits per heavy atom. The lowest BCUT2D eigenvalue weighted by atomic mass is 9.53. The monoisotopic (exact) mass is 255 g/mol. The summed E-state index contributed by atoms with van der Waals surface area (Å²) in [6.07, 6.45) is 5.39. The molecule has 0 atom stereocenters. The minimum absolute atomic E-state index is 0. The van der Waals surface area contributed by atoms with Gasteiger partial charge >= 0.3 is 0 Å². The highest BCUT2D eigenvalue weighted by Crippen LogP contribution is 2.61. The standard InChI is InChI=1S/C10H15Cl2N.ClH/c11-9-1-6-2-10(12,5-9)4-7(3-9)8(6)13;/h6-8H,1-5,13H2;1H. The molecule has 4 heteroatoms. The first-order chi connectivity index (χ1) is 6.00. The molecule has 0 saturated heterocycles. The van der Waals surface area contributed by atoms with Gasteiger partial charge in [-0.25, -0.2) is 0 Å². The predicted octanol–water partition coefficient (Wildman–Crippen LogP) is 2.91. The molecule has 4 rings (SSSR count). The molecule has 82 valence electrons. The molecule has 4 bridgehead atoms. The molecule has 4 aliphatic carbocycles. The maximum Gasteiger partial charge on any atom is 0.0470 e. The fourth-order valence-electron chi connectivity index (χ4n) is 3.98. The third-order valence-corrected chi connectivity index (χ3v) is 5.12. The first kappa shape index (κ1) is 11.3. The smallest absolute Gasteiger partial charge is 0.0470 e. The van der Waals surface area contributed by atoms with Gasteiger partial charge in [-0.2, -0.15) is 0 Å². The van der Waals surface area contributed by atoms with E-state index in [0.717, 1.165) is 32.1 Å². The van der Waals surface area contributed by atoms with Crippen molar-refractivity contribution in [1.82, 2.24) is 0 Å². The number of alkyl halides is 2. The Balaban J connectivity index is 0.000000750. The Morgan fingerprint density at radius 2 is 1.29 bits per heavy atom. The van der Waals surface area contributed by atoms with Gasteiger partial charge in [0.2, 0.25) is 0 Å². The second kappa shape index (κ2) is 3.16. The highest BCUT2D eigenvalue weighted by Gasteiger charge is 2.59. The van der Waals surface area contributed by atoms with Crippen molar-refractivity contribution in [2.75, 3.05) is 0 Å². The quantitative estimate of drug-likeness (QED) is 0.663. The molecular formula is C10H16Cl3N. The van der Waals surface area contributed by atoms with Crippen molar-refractivity contribution in [3.05, 3.63) is 0 Å². The van der Waals surface area contributed by atoms with Crippen LogP contribution in [0.4, 0.5) is 0 Å². The number of nitrogens with two attached hydrogens (primary N) is 1. The number of hydrogen-bond acceptors (Lipinski definition) is 1. The third-order valence-electron chi connectivity index (χ3n) is 4.23. The van der Waals surface area contributed by atoms with Crippen molar-refractivity contribution < 1.29 is 0 Å². The van der Waals surface area contributed by atoms with Gasteiger partial charge in [0.1, 0.15) is 0 Å². The summed E-state index contributed by atoms with van der Waals surface area (Å²) >= 11 is 13.1. The maximum atomic E-state index is 6.55. The SMILES string of the molecule is Cl.NC1C2CC3(Cl)CC1CC(Cl)(C2)C3. The first-order valence-corrected chi connectivity index (χ1v) is 5.89. The Kier molecular flexibility index (Phi) is 2.56. The van der Waals surface area contributed by atoms with E-state index in [4.69, 9.17) is 28.9 Å². The molecular weight excluding hydrogens is 240 g/mol. The molecule has 4 saturated carbocycles. The van der Waals surface area contributed by atoms with Gasteiger partial charge < -0.3 is 5.73 Å². The molecule has 0 amide bonds. The van der Waals surface area contributed by atoms with Crippen LogP contribution in [0.5, 0.6) is 0 Å². The molecule has 1 nitrogen and oxygen atoms in total. The number of hydrogen-bond donors (Lipinski definition) is 1. The molecule has 0 aliphatic heterocycles. The van der Waals surface area contributed by atoms with Crippen LogP contribution in [-0.4, -0.2) is 15.8 Å². The third kappa shape index (κ3) is 1.48. The molecule has 4 aliphatic rings. The lowest BCUT2D eigenvalue weighted by Gasteiger charge is -2.60. The van der Waals surface area contributed by atoms with Gasteiger partial charge in [-0.15, -0.1) is 35.6 Å². The second-order valence-electron chi connectivity index (χ2n) is 5.39. The summed E-state index contributed by atoms with van der Waals surface area (Å²) in [6, 6.07) is 0.374.